The van der Waals surface area contributed by atoms with Gasteiger partial charge >= 0.3 is 0 Å². The van der Waals surface area contributed by atoms with E-state index in [2.05, 4.69) is 17.9 Å². The van der Waals surface area contributed by atoms with Crippen LogP contribution >= 0.6 is 0 Å². The maximum absolute atomic E-state index is 9.35. The molecular weight excluding hydrogens is 294 g/mol. The van der Waals surface area contributed by atoms with E-state index in [9.17, 15) is 5.26 Å². The number of hydrogen-bond acceptors (Lipinski definition) is 2. The van der Waals surface area contributed by atoms with Gasteiger partial charge in [0.1, 0.15) is 12.7 Å². The van der Waals surface area contributed by atoms with Gasteiger partial charge in [-0.1, -0.05) is 66.4 Å². The first kappa shape index (κ1) is 15.4. The smallest absolute Gasteiger partial charge is 0.153 e. The van der Waals surface area contributed by atoms with Crippen LogP contribution in [-0.2, 0) is 6.61 Å². The van der Waals surface area contributed by atoms with Gasteiger partial charge in [-0.2, -0.15) is 5.26 Å². The largest absolute Gasteiger partial charge is 0.486 e. The predicted molar refractivity (Wildman–Crippen MR) is 94.4 cm³/mol. The highest BCUT2D eigenvalue weighted by atomic mass is 16.5. The van der Waals surface area contributed by atoms with E-state index in [0.29, 0.717) is 23.5 Å². The summed E-state index contributed by atoms with van der Waals surface area (Å²) < 4.78 is 5.91. The van der Waals surface area contributed by atoms with E-state index in [4.69, 9.17) is 4.74 Å². The summed E-state index contributed by atoms with van der Waals surface area (Å²) in [4.78, 5) is 0. The number of hydrogen-bond donors (Lipinski definition) is 0. The molecule has 0 aliphatic heterocycles. The molecule has 3 aromatic rings. The average Bonchev–Trinajstić information content (AvgIpc) is 2.66. The Bertz CT molecular complexity index is 913. The van der Waals surface area contributed by atoms with Crippen molar-refractivity contribution in [3.63, 3.8) is 0 Å². The second kappa shape index (κ2) is 7.68. The van der Waals surface area contributed by atoms with Crippen molar-refractivity contribution in [1.82, 2.24) is 0 Å². The van der Waals surface area contributed by atoms with Gasteiger partial charge in [0.25, 0.3) is 0 Å². The van der Waals surface area contributed by atoms with Gasteiger partial charge in [-0.25, -0.2) is 0 Å². The molecule has 0 aliphatic rings. The van der Waals surface area contributed by atoms with Crippen LogP contribution in [-0.4, -0.2) is 0 Å². The van der Waals surface area contributed by atoms with Gasteiger partial charge in [0.15, 0.2) is 5.75 Å². The second-order valence-electron chi connectivity index (χ2n) is 5.18. The molecule has 0 N–H and O–H groups in total. The summed E-state index contributed by atoms with van der Waals surface area (Å²) in [5.74, 6) is 6.76. The molecule has 0 spiro atoms. The first-order valence-corrected chi connectivity index (χ1v) is 7.64. The topological polar surface area (TPSA) is 33.0 Å². The van der Waals surface area contributed by atoms with E-state index in [-0.39, 0.29) is 0 Å². The molecule has 2 heteroatoms. The lowest BCUT2D eigenvalue weighted by molar-refractivity contribution is 0.304. The molecule has 0 fully saturated rings. The van der Waals surface area contributed by atoms with Gasteiger partial charge in [-0.15, -0.1) is 0 Å². The van der Waals surface area contributed by atoms with Crippen molar-refractivity contribution in [2.24, 2.45) is 0 Å². The normalized spacial score (nSPS) is 9.46. The van der Waals surface area contributed by atoms with Crippen LogP contribution in [0.4, 0.5) is 0 Å². The number of rotatable bonds is 3. The van der Waals surface area contributed by atoms with Gasteiger partial charge in [-0.3, -0.25) is 0 Å². The molecule has 114 valence electrons. The van der Waals surface area contributed by atoms with Gasteiger partial charge < -0.3 is 4.74 Å². The van der Waals surface area contributed by atoms with Crippen LogP contribution < -0.4 is 4.74 Å². The summed E-state index contributed by atoms with van der Waals surface area (Å²) in [6.45, 7) is 0.402. The molecular formula is C22H15NO. The van der Waals surface area contributed by atoms with Crippen molar-refractivity contribution in [3.8, 4) is 23.7 Å². The number of nitrogens with zero attached hydrogens (tertiary/aromatic N) is 1. The Kier molecular flexibility index (Phi) is 4.93. The molecule has 0 aromatic heterocycles. The zero-order valence-electron chi connectivity index (χ0n) is 13.1. The number of ether oxygens (including phenoxy) is 1. The van der Waals surface area contributed by atoms with Gasteiger partial charge in [0, 0.05) is 5.56 Å². The van der Waals surface area contributed by atoms with Crippen LogP contribution in [0.25, 0.3) is 0 Å². The third-order valence-electron chi connectivity index (χ3n) is 3.48. The Hall–Kier alpha value is -3.49. The summed E-state index contributed by atoms with van der Waals surface area (Å²) in [5, 5.41) is 9.35. The fourth-order valence-corrected chi connectivity index (χ4v) is 2.27. The van der Waals surface area contributed by atoms with Crippen molar-refractivity contribution in [2.45, 2.75) is 6.61 Å². The molecule has 0 radical (unpaired) electrons. The first-order chi connectivity index (χ1) is 11.9. The quantitative estimate of drug-likeness (QED) is 0.666. The SMILES string of the molecule is N#Cc1cccc(C#Cc2ccccc2)c1OCc1ccccc1. The summed E-state index contributed by atoms with van der Waals surface area (Å²) in [6.07, 6.45) is 0. The maximum atomic E-state index is 9.35. The third-order valence-corrected chi connectivity index (χ3v) is 3.48. The van der Waals surface area contributed by atoms with Crippen molar-refractivity contribution >= 4 is 0 Å². The summed E-state index contributed by atoms with van der Waals surface area (Å²) >= 11 is 0. The van der Waals surface area contributed by atoms with Crippen LogP contribution in [0.2, 0.25) is 0 Å². The molecule has 24 heavy (non-hydrogen) atoms. The van der Waals surface area contributed by atoms with Crippen LogP contribution in [0.15, 0.2) is 78.9 Å². The lowest BCUT2D eigenvalue weighted by atomic mass is 10.1. The fraction of sp³-hybridized carbons (Fsp3) is 0.0455. The van der Waals surface area contributed by atoms with Crippen molar-refractivity contribution in [2.75, 3.05) is 0 Å². The molecule has 3 aromatic carbocycles. The van der Waals surface area contributed by atoms with E-state index in [1.807, 2.05) is 72.8 Å². The zero-order chi connectivity index (χ0) is 16.6. The Morgan fingerprint density at radius 3 is 2.08 bits per heavy atom. The molecule has 0 saturated heterocycles. The van der Waals surface area contributed by atoms with Crippen LogP contribution in [0.1, 0.15) is 22.3 Å². The zero-order valence-corrected chi connectivity index (χ0v) is 13.1. The molecule has 0 saturated carbocycles. The minimum absolute atomic E-state index is 0.402. The monoisotopic (exact) mass is 309 g/mol. The van der Waals surface area contributed by atoms with Crippen molar-refractivity contribution in [1.29, 1.82) is 5.26 Å². The van der Waals surface area contributed by atoms with Gasteiger partial charge in [0.05, 0.1) is 11.1 Å². The summed E-state index contributed by atoms with van der Waals surface area (Å²) in [7, 11) is 0. The standard InChI is InChI=1S/C22H15NO/c23-16-21-13-7-12-20(15-14-18-8-3-1-4-9-18)22(21)24-17-19-10-5-2-6-11-19/h1-13H,17H2. The van der Waals surface area contributed by atoms with Gasteiger partial charge in [0.2, 0.25) is 0 Å². The molecule has 3 rings (SSSR count). The Morgan fingerprint density at radius 2 is 1.38 bits per heavy atom. The fourth-order valence-electron chi connectivity index (χ4n) is 2.27. The first-order valence-electron chi connectivity index (χ1n) is 7.64. The highest BCUT2D eigenvalue weighted by molar-refractivity contribution is 5.56. The summed E-state index contributed by atoms with van der Waals surface area (Å²) in [5.41, 5.74) is 3.18. The minimum Gasteiger partial charge on any atom is -0.486 e. The molecule has 0 bridgehead atoms. The Labute approximate surface area is 142 Å². The van der Waals surface area contributed by atoms with E-state index < -0.39 is 0 Å². The van der Waals surface area contributed by atoms with Gasteiger partial charge in [-0.05, 0) is 29.8 Å². The number of benzene rings is 3. The molecule has 2 nitrogen and oxygen atoms in total. The minimum atomic E-state index is 0.402. The second-order valence-corrected chi connectivity index (χ2v) is 5.18. The third kappa shape index (κ3) is 3.83. The highest BCUT2D eigenvalue weighted by Crippen LogP contribution is 2.24. The Balaban J connectivity index is 1.90. The van der Waals surface area contributed by atoms with Crippen LogP contribution in [0, 0.1) is 23.2 Å². The average molecular weight is 309 g/mol. The van der Waals surface area contributed by atoms with E-state index >= 15 is 0 Å². The highest BCUT2D eigenvalue weighted by Gasteiger charge is 2.08. The van der Waals surface area contributed by atoms with E-state index in [0.717, 1.165) is 11.1 Å². The molecule has 0 atom stereocenters. The van der Waals surface area contributed by atoms with Crippen LogP contribution in [0.3, 0.4) is 0 Å². The Morgan fingerprint density at radius 1 is 0.708 bits per heavy atom. The molecule has 0 unspecified atom stereocenters. The number of nitriles is 1. The summed E-state index contributed by atoms with van der Waals surface area (Å²) in [6, 6.07) is 27.2. The molecule has 0 heterocycles. The van der Waals surface area contributed by atoms with Crippen molar-refractivity contribution < 1.29 is 4.74 Å². The van der Waals surface area contributed by atoms with Crippen LogP contribution in [0.5, 0.6) is 5.75 Å². The maximum Gasteiger partial charge on any atom is 0.153 e. The van der Waals surface area contributed by atoms with E-state index in [1.54, 1.807) is 6.07 Å². The van der Waals surface area contributed by atoms with Crippen molar-refractivity contribution in [3.05, 3.63) is 101 Å². The lowest BCUT2D eigenvalue weighted by Gasteiger charge is -2.10. The molecule has 0 aliphatic carbocycles. The van der Waals surface area contributed by atoms with E-state index in [1.165, 1.54) is 0 Å². The molecule has 0 amide bonds. The predicted octanol–water partition coefficient (Wildman–Crippen LogP) is 4.54. The lowest BCUT2D eigenvalue weighted by Crippen LogP contribution is -1.99. The number of para-hydroxylation sites is 1.